The molecular formula is C12H16O2. The summed E-state index contributed by atoms with van der Waals surface area (Å²) in [5.41, 5.74) is 0.931. The van der Waals surface area contributed by atoms with E-state index in [4.69, 9.17) is 4.74 Å². The summed E-state index contributed by atoms with van der Waals surface area (Å²) in [6.07, 6.45) is 2.97. The first kappa shape index (κ1) is 10.8. The fourth-order valence-corrected chi connectivity index (χ4v) is 1.26. The summed E-state index contributed by atoms with van der Waals surface area (Å²) in [6.45, 7) is 1.95. The minimum atomic E-state index is -0.470. The molecule has 14 heavy (non-hydrogen) atoms. The minimum absolute atomic E-state index is 0.0531. The highest BCUT2D eigenvalue weighted by molar-refractivity contribution is 5.18. The highest BCUT2D eigenvalue weighted by Crippen LogP contribution is 2.22. The summed E-state index contributed by atoms with van der Waals surface area (Å²) in [5.74, 6) is 0.0531. The first-order valence-electron chi connectivity index (χ1n) is 4.68. The van der Waals surface area contributed by atoms with Gasteiger partial charge >= 0.3 is 0 Å². The molecule has 0 saturated heterocycles. The van der Waals surface area contributed by atoms with Gasteiger partial charge in [0.2, 0.25) is 0 Å². The van der Waals surface area contributed by atoms with Crippen LogP contribution in [0.5, 0.6) is 0 Å². The molecule has 0 fully saturated rings. The second-order valence-corrected chi connectivity index (χ2v) is 3.28. The van der Waals surface area contributed by atoms with Crippen LogP contribution in [-0.4, -0.2) is 12.2 Å². The van der Waals surface area contributed by atoms with Crippen molar-refractivity contribution in [2.24, 2.45) is 5.92 Å². The van der Waals surface area contributed by atoms with Gasteiger partial charge in [0.25, 0.3) is 0 Å². The Bertz CT molecular complexity index is 280. The van der Waals surface area contributed by atoms with Gasteiger partial charge < -0.3 is 9.84 Å². The SMILES string of the molecule is CO/C=C/C(C)[C@@H](O)c1ccccc1. The molecule has 0 bridgehead atoms. The zero-order chi connectivity index (χ0) is 10.4. The number of benzene rings is 1. The number of ether oxygens (including phenoxy) is 1. The fraction of sp³-hybridized carbons (Fsp3) is 0.333. The van der Waals surface area contributed by atoms with Gasteiger partial charge in [-0.3, -0.25) is 0 Å². The predicted molar refractivity (Wildman–Crippen MR) is 56.7 cm³/mol. The van der Waals surface area contributed by atoms with Crippen LogP contribution in [0.4, 0.5) is 0 Å². The maximum Gasteiger partial charge on any atom is 0.0851 e. The number of rotatable bonds is 4. The van der Waals surface area contributed by atoms with E-state index in [1.54, 1.807) is 13.4 Å². The number of aliphatic hydroxyl groups excluding tert-OH is 1. The lowest BCUT2D eigenvalue weighted by Crippen LogP contribution is -2.06. The molecule has 0 aliphatic rings. The third-order valence-corrected chi connectivity index (χ3v) is 2.16. The van der Waals surface area contributed by atoms with Crippen molar-refractivity contribution in [2.75, 3.05) is 7.11 Å². The van der Waals surface area contributed by atoms with E-state index in [0.29, 0.717) is 0 Å². The second kappa shape index (κ2) is 5.45. The standard InChI is InChI=1S/C12H16O2/c1-10(8-9-14-2)12(13)11-6-4-3-5-7-11/h3-10,12-13H,1-2H3/b9-8+/t10?,12-/m1/s1. The van der Waals surface area contributed by atoms with Crippen molar-refractivity contribution in [3.8, 4) is 0 Å². The van der Waals surface area contributed by atoms with E-state index < -0.39 is 6.10 Å². The third kappa shape index (κ3) is 2.89. The Balaban J connectivity index is 2.65. The average molecular weight is 192 g/mol. The molecule has 0 aliphatic heterocycles. The molecule has 1 unspecified atom stereocenters. The molecule has 2 atom stereocenters. The number of methoxy groups -OCH3 is 1. The third-order valence-electron chi connectivity index (χ3n) is 2.16. The molecule has 1 aromatic rings. The van der Waals surface area contributed by atoms with Crippen molar-refractivity contribution >= 4 is 0 Å². The molecule has 2 heteroatoms. The average Bonchev–Trinajstić information content (AvgIpc) is 2.26. The summed E-state index contributed by atoms with van der Waals surface area (Å²) < 4.78 is 4.81. The van der Waals surface area contributed by atoms with Crippen molar-refractivity contribution in [3.05, 3.63) is 48.2 Å². The number of hydrogen-bond acceptors (Lipinski definition) is 2. The van der Waals surface area contributed by atoms with Crippen LogP contribution in [0.2, 0.25) is 0 Å². The molecule has 1 aromatic carbocycles. The van der Waals surface area contributed by atoms with Crippen LogP contribution in [0.15, 0.2) is 42.7 Å². The normalized spacial score (nSPS) is 15.4. The molecule has 0 heterocycles. The molecule has 0 spiro atoms. The van der Waals surface area contributed by atoms with Gasteiger partial charge in [0.15, 0.2) is 0 Å². The van der Waals surface area contributed by atoms with E-state index in [1.807, 2.05) is 43.3 Å². The first-order chi connectivity index (χ1) is 6.75. The number of aliphatic hydroxyl groups is 1. The second-order valence-electron chi connectivity index (χ2n) is 3.28. The predicted octanol–water partition coefficient (Wildman–Crippen LogP) is 2.52. The molecule has 0 aliphatic carbocycles. The summed E-state index contributed by atoms with van der Waals surface area (Å²) >= 11 is 0. The molecular weight excluding hydrogens is 176 g/mol. The summed E-state index contributed by atoms with van der Waals surface area (Å²) in [6, 6.07) is 9.62. The zero-order valence-corrected chi connectivity index (χ0v) is 8.55. The highest BCUT2D eigenvalue weighted by atomic mass is 16.5. The van der Waals surface area contributed by atoms with Crippen molar-refractivity contribution in [3.63, 3.8) is 0 Å². The molecule has 0 aromatic heterocycles. The lowest BCUT2D eigenvalue weighted by atomic mass is 9.98. The number of hydrogen-bond donors (Lipinski definition) is 1. The van der Waals surface area contributed by atoms with Gasteiger partial charge in [0.1, 0.15) is 0 Å². The van der Waals surface area contributed by atoms with Gasteiger partial charge in [-0.25, -0.2) is 0 Å². The summed E-state index contributed by atoms with van der Waals surface area (Å²) in [7, 11) is 1.60. The van der Waals surface area contributed by atoms with Crippen molar-refractivity contribution < 1.29 is 9.84 Å². The van der Waals surface area contributed by atoms with E-state index in [2.05, 4.69) is 0 Å². The van der Waals surface area contributed by atoms with Gasteiger partial charge in [-0.15, -0.1) is 0 Å². The Morgan fingerprint density at radius 2 is 1.93 bits per heavy atom. The van der Waals surface area contributed by atoms with E-state index in [9.17, 15) is 5.11 Å². The topological polar surface area (TPSA) is 29.5 Å². The first-order valence-corrected chi connectivity index (χ1v) is 4.68. The van der Waals surface area contributed by atoms with Crippen LogP contribution in [0, 0.1) is 5.92 Å². The lowest BCUT2D eigenvalue weighted by Gasteiger charge is -2.15. The van der Waals surface area contributed by atoms with Crippen molar-refractivity contribution in [1.29, 1.82) is 0 Å². The Morgan fingerprint density at radius 1 is 1.29 bits per heavy atom. The van der Waals surface area contributed by atoms with Gasteiger partial charge in [-0.05, 0) is 11.6 Å². The Labute approximate surface area is 84.8 Å². The highest BCUT2D eigenvalue weighted by Gasteiger charge is 2.12. The molecule has 0 saturated carbocycles. The summed E-state index contributed by atoms with van der Waals surface area (Å²) in [5, 5.41) is 9.91. The van der Waals surface area contributed by atoms with Gasteiger partial charge in [0, 0.05) is 5.92 Å². The molecule has 1 N–H and O–H groups in total. The van der Waals surface area contributed by atoms with E-state index >= 15 is 0 Å². The van der Waals surface area contributed by atoms with E-state index in [-0.39, 0.29) is 5.92 Å². The zero-order valence-electron chi connectivity index (χ0n) is 8.55. The van der Waals surface area contributed by atoms with Gasteiger partial charge in [-0.2, -0.15) is 0 Å². The molecule has 0 radical (unpaired) electrons. The van der Waals surface area contributed by atoms with Crippen LogP contribution in [0.25, 0.3) is 0 Å². The lowest BCUT2D eigenvalue weighted by molar-refractivity contribution is 0.138. The quantitative estimate of drug-likeness (QED) is 0.743. The molecule has 0 amide bonds. The van der Waals surface area contributed by atoms with Crippen molar-refractivity contribution in [2.45, 2.75) is 13.0 Å². The summed E-state index contributed by atoms with van der Waals surface area (Å²) in [4.78, 5) is 0. The molecule has 76 valence electrons. The Kier molecular flexibility index (Phi) is 4.20. The van der Waals surface area contributed by atoms with Crippen LogP contribution in [0.3, 0.4) is 0 Å². The van der Waals surface area contributed by atoms with Crippen molar-refractivity contribution in [1.82, 2.24) is 0 Å². The largest absolute Gasteiger partial charge is 0.505 e. The minimum Gasteiger partial charge on any atom is -0.505 e. The molecule has 2 nitrogen and oxygen atoms in total. The van der Waals surface area contributed by atoms with Crippen LogP contribution in [-0.2, 0) is 4.74 Å². The maximum absolute atomic E-state index is 9.91. The Hall–Kier alpha value is -1.28. The van der Waals surface area contributed by atoms with Gasteiger partial charge in [0.05, 0.1) is 19.5 Å². The fourth-order valence-electron chi connectivity index (χ4n) is 1.26. The Morgan fingerprint density at radius 3 is 2.50 bits per heavy atom. The maximum atomic E-state index is 9.91. The van der Waals surface area contributed by atoms with Crippen LogP contribution < -0.4 is 0 Å². The van der Waals surface area contributed by atoms with Crippen LogP contribution >= 0.6 is 0 Å². The van der Waals surface area contributed by atoms with E-state index in [0.717, 1.165) is 5.56 Å². The monoisotopic (exact) mass is 192 g/mol. The smallest absolute Gasteiger partial charge is 0.0851 e. The van der Waals surface area contributed by atoms with Gasteiger partial charge in [-0.1, -0.05) is 37.3 Å². The van der Waals surface area contributed by atoms with E-state index in [1.165, 1.54) is 0 Å². The van der Waals surface area contributed by atoms with Crippen LogP contribution in [0.1, 0.15) is 18.6 Å². The molecule has 1 rings (SSSR count).